The summed E-state index contributed by atoms with van der Waals surface area (Å²) in [6.45, 7) is 4.42. The highest BCUT2D eigenvalue weighted by molar-refractivity contribution is 6.31. The molecule has 0 aliphatic rings. The smallest absolute Gasteiger partial charge is 0.171 e. The van der Waals surface area contributed by atoms with Gasteiger partial charge in [0.15, 0.2) is 11.0 Å². The van der Waals surface area contributed by atoms with Crippen molar-refractivity contribution in [2.24, 2.45) is 7.05 Å². The van der Waals surface area contributed by atoms with Gasteiger partial charge in [0.25, 0.3) is 0 Å². The second kappa shape index (κ2) is 4.71. The van der Waals surface area contributed by atoms with Crippen LogP contribution in [0.1, 0.15) is 17.1 Å². The number of hydrogen-bond acceptors (Lipinski definition) is 4. The normalized spacial score (nSPS) is 10.6. The topological polar surface area (TPSA) is 55.6 Å². The van der Waals surface area contributed by atoms with Crippen molar-refractivity contribution in [3.63, 3.8) is 0 Å². The van der Waals surface area contributed by atoms with Gasteiger partial charge in [-0.05, 0) is 19.9 Å². The van der Waals surface area contributed by atoms with Crippen LogP contribution >= 0.6 is 11.6 Å². The van der Waals surface area contributed by atoms with E-state index in [4.69, 9.17) is 11.6 Å². The molecular weight excluding hydrogens is 238 g/mol. The monoisotopic (exact) mass is 251 g/mol. The van der Waals surface area contributed by atoms with Gasteiger partial charge in [-0.25, -0.2) is 9.97 Å². The lowest BCUT2D eigenvalue weighted by molar-refractivity contribution is 0.719. The van der Waals surface area contributed by atoms with Gasteiger partial charge >= 0.3 is 0 Å². The van der Waals surface area contributed by atoms with Crippen molar-refractivity contribution in [1.29, 1.82) is 0 Å². The molecule has 0 bridgehead atoms. The molecule has 0 aliphatic heterocycles. The number of aromatic nitrogens is 4. The first-order valence-corrected chi connectivity index (χ1v) is 5.67. The number of hydrogen-bond donors (Lipinski definition) is 1. The highest BCUT2D eigenvalue weighted by Gasteiger charge is 2.07. The van der Waals surface area contributed by atoms with E-state index in [2.05, 4.69) is 20.4 Å². The van der Waals surface area contributed by atoms with Gasteiger partial charge in [-0.3, -0.25) is 4.68 Å². The second-order valence-electron chi connectivity index (χ2n) is 3.83. The molecule has 2 aromatic heterocycles. The van der Waals surface area contributed by atoms with Gasteiger partial charge in [0.2, 0.25) is 0 Å². The van der Waals surface area contributed by atoms with Crippen LogP contribution in [-0.4, -0.2) is 19.7 Å². The molecule has 2 heterocycles. The van der Waals surface area contributed by atoms with Crippen LogP contribution in [0.3, 0.4) is 0 Å². The van der Waals surface area contributed by atoms with Gasteiger partial charge in [-0.15, -0.1) is 0 Å². The zero-order valence-corrected chi connectivity index (χ0v) is 10.8. The van der Waals surface area contributed by atoms with E-state index in [0.717, 1.165) is 17.1 Å². The maximum atomic E-state index is 6.02. The fourth-order valence-corrected chi connectivity index (χ4v) is 1.67. The Bertz CT molecular complexity index is 535. The van der Waals surface area contributed by atoms with Crippen molar-refractivity contribution in [1.82, 2.24) is 19.7 Å². The van der Waals surface area contributed by atoms with Crippen molar-refractivity contribution in [3.05, 3.63) is 34.5 Å². The molecule has 0 saturated heterocycles. The predicted octanol–water partition coefficient (Wildman–Crippen LogP) is 2.09. The van der Waals surface area contributed by atoms with E-state index in [9.17, 15) is 0 Å². The first kappa shape index (κ1) is 11.9. The van der Waals surface area contributed by atoms with Crippen LogP contribution in [0.25, 0.3) is 0 Å². The SMILES string of the molecule is Cc1nc(Cl)c(NCc2ccnn2C)nc1C. The van der Waals surface area contributed by atoms with Gasteiger partial charge in [-0.1, -0.05) is 11.6 Å². The number of halogens is 1. The van der Waals surface area contributed by atoms with Crippen molar-refractivity contribution in [3.8, 4) is 0 Å². The highest BCUT2D eigenvalue weighted by atomic mass is 35.5. The van der Waals surface area contributed by atoms with Crippen LogP contribution < -0.4 is 5.32 Å². The Hall–Kier alpha value is -1.62. The van der Waals surface area contributed by atoms with E-state index in [0.29, 0.717) is 17.5 Å². The second-order valence-corrected chi connectivity index (χ2v) is 4.19. The van der Waals surface area contributed by atoms with Crippen molar-refractivity contribution < 1.29 is 0 Å². The number of rotatable bonds is 3. The van der Waals surface area contributed by atoms with Gasteiger partial charge in [0, 0.05) is 13.2 Å². The van der Waals surface area contributed by atoms with Gasteiger partial charge in [0.1, 0.15) is 0 Å². The Kier molecular flexibility index (Phi) is 3.28. The number of nitrogens with zero attached hydrogens (tertiary/aromatic N) is 4. The quantitative estimate of drug-likeness (QED) is 0.908. The summed E-state index contributed by atoms with van der Waals surface area (Å²) >= 11 is 6.02. The first-order chi connectivity index (χ1) is 8.08. The Morgan fingerprint density at radius 2 is 2.00 bits per heavy atom. The Balaban J connectivity index is 2.14. The summed E-state index contributed by atoms with van der Waals surface area (Å²) in [5.74, 6) is 0.607. The fraction of sp³-hybridized carbons (Fsp3) is 0.364. The third-order valence-corrected chi connectivity index (χ3v) is 2.89. The largest absolute Gasteiger partial charge is 0.362 e. The lowest BCUT2D eigenvalue weighted by Crippen LogP contribution is -2.08. The van der Waals surface area contributed by atoms with E-state index >= 15 is 0 Å². The van der Waals surface area contributed by atoms with Crippen LogP contribution in [0, 0.1) is 13.8 Å². The van der Waals surface area contributed by atoms with Crippen LogP contribution in [0.2, 0.25) is 5.15 Å². The lowest BCUT2D eigenvalue weighted by Gasteiger charge is -2.09. The molecule has 0 fully saturated rings. The third kappa shape index (κ3) is 2.55. The minimum Gasteiger partial charge on any atom is -0.362 e. The minimum atomic E-state index is 0.398. The molecule has 0 amide bonds. The zero-order chi connectivity index (χ0) is 12.4. The Labute approximate surface area is 105 Å². The molecule has 1 N–H and O–H groups in total. The van der Waals surface area contributed by atoms with E-state index in [1.807, 2.05) is 27.0 Å². The van der Waals surface area contributed by atoms with Gasteiger partial charge < -0.3 is 5.32 Å². The van der Waals surface area contributed by atoms with Crippen LogP contribution in [-0.2, 0) is 13.6 Å². The molecule has 0 radical (unpaired) electrons. The average molecular weight is 252 g/mol. The van der Waals surface area contributed by atoms with E-state index in [-0.39, 0.29) is 0 Å². The molecule has 0 aromatic carbocycles. The summed E-state index contributed by atoms with van der Waals surface area (Å²) < 4.78 is 1.80. The number of anilines is 1. The Morgan fingerprint density at radius 1 is 1.29 bits per heavy atom. The van der Waals surface area contributed by atoms with Gasteiger partial charge in [-0.2, -0.15) is 5.10 Å². The molecule has 2 rings (SSSR count). The van der Waals surface area contributed by atoms with E-state index in [1.54, 1.807) is 10.9 Å². The predicted molar refractivity (Wildman–Crippen MR) is 67.1 cm³/mol. The molecule has 0 aliphatic carbocycles. The van der Waals surface area contributed by atoms with Crippen molar-refractivity contribution >= 4 is 17.4 Å². The van der Waals surface area contributed by atoms with Crippen LogP contribution in [0.4, 0.5) is 5.82 Å². The zero-order valence-electron chi connectivity index (χ0n) is 10.0. The third-order valence-electron chi connectivity index (χ3n) is 2.62. The molecule has 0 spiro atoms. The van der Waals surface area contributed by atoms with E-state index < -0.39 is 0 Å². The molecule has 5 nitrogen and oxygen atoms in total. The fourth-order valence-electron chi connectivity index (χ4n) is 1.44. The summed E-state index contributed by atoms with van der Waals surface area (Å²) in [5, 5.41) is 7.65. The summed E-state index contributed by atoms with van der Waals surface area (Å²) in [6, 6.07) is 1.94. The number of aryl methyl sites for hydroxylation is 3. The standard InChI is InChI=1S/C11H14ClN5/c1-7-8(2)16-11(10(12)15-7)13-6-9-4-5-14-17(9)3/h4-5H,6H2,1-3H3,(H,13,16). The lowest BCUT2D eigenvalue weighted by atomic mass is 10.3. The van der Waals surface area contributed by atoms with Crippen LogP contribution in [0.15, 0.2) is 12.3 Å². The minimum absolute atomic E-state index is 0.398. The molecule has 2 aromatic rings. The Morgan fingerprint density at radius 3 is 2.65 bits per heavy atom. The average Bonchev–Trinajstić information content (AvgIpc) is 2.68. The maximum Gasteiger partial charge on any atom is 0.171 e. The van der Waals surface area contributed by atoms with Gasteiger partial charge in [0.05, 0.1) is 23.6 Å². The molecule has 17 heavy (non-hydrogen) atoms. The summed E-state index contributed by atoms with van der Waals surface area (Å²) in [5.41, 5.74) is 2.78. The number of nitrogens with one attached hydrogen (secondary N) is 1. The maximum absolute atomic E-state index is 6.02. The summed E-state index contributed by atoms with van der Waals surface area (Å²) in [7, 11) is 1.89. The summed E-state index contributed by atoms with van der Waals surface area (Å²) in [6.07, 6.45) is 1.75. The molecule has 0 unspecified atom stereocenters. The van der Waals surface area contributed by atoms with Crippen LogP contribution in [0.5, 0.6) is 0 Å². The van der Waals surface area contributed by atoms with Crippen molar-refractivity contribution in [2.45, 2.75) is 20.4 Å². The molecule has 90 valence electrons. The first-order valence-electron chi connectivity index (χ1n) is 5.29. The summed E-state index contributed by atoms with van der Waals surface area (Å²) in [4.78, 5) is 8.58. The van der Waals surface area contributed by atoms with Crippen molar-refractivity contribution in [2.75, 3.05) is 5.32 Å². The highest BCUT2D eigenvalue weighted by Crippen LogP contribution is 2.18. The molecule has 0 saturated carbocycles. The molecule has 0 atom stereocenters. The van der Waals surface area contributed by atoms with E-state index in [1.165, 1.54) is 0 Å². The molecule has 6 heteroatoms. The molecular formula is C11H14ClN5.